The Balaban J connectivity index is 1.48. The molecule has 0 aromatic heterocycles. The molecule has 1 heterocycles. The molecule has 2 aromatic carbocycles. The van der Waals surface area contributed by atoms with Crippen LogP contribution in [0.5, 0.6) is 0 Å². The van der Waals surface area contributed by atoms with E-state index >= 15 is 0 Å². The molecule has 1 aliphatic heterocycles. The van der Waals surface area contributed by atoms with Gasteiger partial charge >= 0.3 is 6.03 Å². The molecule has 0 bridgehead atoms. The normalized spacial score (nSPS) is 16.5. The summed E-state index contributed by atoms with van der Waals surface area (Å²) in [6.07, 6.45) is 1.06. The highest BCUT2D eigenvalue weighted by Gasteiger charge is 2.37. The van der Waals surface area contributed by atoms with Gasteiger partial charge in [-0.25, -0.2) is 4.79 Å². The lowest BCUT2D eigenvalue weighted by molar-refractivity contribution is -0.127. The Morgan fingerprint density at radius 3 is 2.35 bits per heavy atom. The molecule has 1 atom stereocenters. The van der Waals surface area contributed by atoms with Gasteiger partial charge in [-0.3, -0.25) is 14.5 Å². The minimum atomic E-state index is -0.639. The Morgan fingerprint density at radius 2 is 1.65 bits per heavy atom. The molecule has 0 spiro atoms. The Hall–Kier alpha value is -3.15. The topological polar surface area (TPSA) is 78.5 Å². The first kappa shape index (κ1) is 17.7. The number of anilines is 1. The zero-order chi connectivity index (χ0) is 18.4. The number of rotatable bonds is 7. The van der Waals surface area contributed by atoms with Crippen LogP contribution < -0.4 is 10.6 Å². The SMILES string of the molecule is O=C(CC[C@H]1NC(=O)N(CCc2ccccc2)C1=O)Nc1ccccc1. The van der Waals surface area contributed by atoms with Gasteiger partial charge in [-0.1, -0.05) is 48.5 Å². The number of carbonyl (C=O) groups excluding carboxylic acids is 3. The van der Waals surface area contributed by atoms with E-state index in [9.17, 15) is 14.4 Å². The number of benzene rings is 2. The second-order valence-corrected chi connectivity index (χ2v) is 6.18. The fourth-order valence-electron chi connectivity index (χ4n) is 2.89. The van der Waals surface area contributed by atoms with Gasteiger partial charge in [0.15, 0.2) is 0 Å². The molecule has 6 heteroatoms. The lowest BCUT2D eigenvalue weighted by Gasteiger charge is -2.13. The van der Waals surface area contributed by atoms with Crippen LogP contribution in [0.15, 0.2) is 60.7 Å². The van der Waals surface area contributed by atoms with Crippen molar-refractivity contribution < 1.29 is 14.4 Å². The standard InChI is InChI=1S/C20H21N3O3/c24-18(21-16-9-5-2-6-10-16)12-11-17-19(25)23(20(26)22-17)14-13-15-7-3-1-4-8-15/h1-10,17H,11-14H2,(H,21,24)(H,22,26)/t17-/m1/s1. The molecule has 0 radical (unpaired) electrons. The molecule has 1 fully saturated rings. The van der Waals surface area contributed by atoms with Crippen molar-refractivity contribution in [2.24, 2.45) is 0 Å². The second-order valence-electron chi connectivity index (χ2n) is 6.18. The second kappa shape index (κ2) is 8.29. The summed E-state index contributed by atoms with van der Waals surface area (Å²) in [4.78, 5) is 37.7. The molecule has 26 heavy (non-hydrogen) atoms. The molecule has 1 aliphatic rings. The molecular formula is C20H21N3O3. The number of para-hydroxylation sites is 1. The van der Waals surface area contributed by atoms with Crippen molar-refractivity contribution in [1.29, 1.82) is 0 Å². The highest BCUT2D eigenvalue weighted by atomic mass is 16.2. The summed E-state index contributed by atoms with van der Waals surface area (Å²) in [7, 11) is 0. The van der Waals surface area contributed by atoms with Gasteiger partial charge in [0, 0.05) is 18.7 Å². The summed E-state index contributed by atoms with van der Waals surface area (Å²) in [5.41, 5.74) is 1.78. The van der Waals surface area contributed by atoms with Crippen LogP contribution in [-0.4, -0.2) is 35.3 Å². The monoisotopic (exact) mass is 351 g/mol. The smallest absolute Gasteiger partial charge is 0.324 e. The van der Waals surface area contributed by atoms with E-state index in [4.69, 9.17) is 0 Å². The predicted molar refractivity (Wildman–Crippen MR) is 98.5 cm³/mol. The molecule has 4 amide bonds. The summed E-state index contributed by atoms with van der Waals surface area (Å²) >= 11 is 0. The van der Waals surface area contributed by atoms with Crippen molar-refractivity contribution in [3.8, 4) is 0 Å². The van der Waals surface area contributed by atoms with Crippen LogP contribution in [0.1, 0.15) is 18.4 Å². The molecule has 1 saturated heterocycles. The lowest BCUT2D eigenvalue weighted by Crippen LogP contribution is -2.33. The van der Waals surface area contributed by atoms with Crippen molar-refractivity contribution in [1.82, 2.24) is 10.2 Å². The zero-order valence-corrected chi connectivity index (χ0v) is 14.4. The van der Waals surface area contributed by atoms with Crippen LogP contribution in [0.25, 0.3) is 0 Å². The van der Waals surface area contributed by atoms with E-state index in [1.165, 1.54) is 4.90 Å². The third-order valence-corrected chi connectivity index (χ3v) is 4.29. The quantitative estimate of drug-likeness (QED) is 0.753. The van der Waals surface area contributed by atoms with Gasteiger partial charge < -0.3 is 10.6 Å². The molecule has 0 saturated carbocycles. The Labute approximate surface area is 152 Å². The number of carbonyl (C=O) groups is 3. The van der Waals surface area contributed by atoms with Crippen molar-refractivity contribution in [3.63, 3.8) is 0 Å². The van der Waals surface area contributed by atoms with Crippen LogP contribution in [0.3, 0.4) is 0 Å². The fourth-order valence-corrected chi connectivity index (χ4v) is 2.89. The molecule has 3 rings (SSSR count). The summed E-state index contributed by atoms with van der Waals surface area (Å²) in [5.74, 6) is -0.445. The van der Waals surface area contributed by atoms with E-state index in [0.29, 0.717) is 18.7 Å². The Kier molecular flexibility index (Phi) is 5.63. The predicted octanol–water partition coefficient (Wildman–Crippen LogP) is 2.57. The third kappa shape index (κ3) is 4.47. The maximum atomic E-state index is 12.4. The van der Waals surface area contributed by atoms with Gasteiger partial charge in [-0.2, -0.15) is 0 Å². The molecule has 134 valence electrons. The molecular weight excluding hydrogens is 330 g/mol. The molecule has 0 aliphatic carbocycles. The number of urea groups is 1. The molecule has 2 aromatic rings. The summed E-state index contributed by atoms with van der Waals surface area (Å²) in [5, 5.41) is 5.44. The number of hydrogen-bond donors (Lipinski definition) is 2. The van der Waals surface area contributed by atoms with E-state index in [-0.39, 0.29) is 30.7 Å². The van der Waals surface area contributed by atoms with Gasteiger partial charge in [0.05, 0.1) is 0 Å². The minimum Gasteiger partial charge on any atom is -0.326 e. The van der Waals surface area contributed by atoms with Gasteiger partial charge in [-0.15, -0.1) is 0 Å². The van der Waals surface area contributed by atoms with E-state index in [1.807, 2.05) is 48.5 Å². The van der Waals surface area contributed by atoms with Crippen molar-refractivity contribution in [2.75, 3.05) is 11.9 Å². The lowest BCUT2D eigenvalue weighted by atomic mass is 10.1. The van der Waals surface area contributed by atoms with Gasteiger partial charge in [-0.05, 0) is 30.5 Å². The van der Waals surface area contributed by atoms with Crippen LogP contribution in [0.2, 0.25) is 0 Å². The van der Waals surface area contributed by atoms with Crippen molar-refractivity contribution in [3.05, 3.63) is 66.2 Å². The Morgan fingerprint density at radius 1 is 1.00 bits per heavy atom. The van der Waals surface area contributed by atoms with E-state index < -0.39 is 6.04 Å². The first-order valence-corrected chi connectivity index (χ1v) is 8.64. The van der Waals surface area contributed by atoms with E-state index in [2.05, 4.69) is 10.6 Å². The van der Waals surface area contributed by atoms with Crippen LogP contribution in [0, 0.1) is 0 Å². The van der Waals surface area contributed by atoms with E-state index in [0.717, 1.165) is 5.56 Å². The average Bonchev–Trinajstić information content (AvgIpc) is 2.93. The van der Waals surface area contributed by atoms with Gasteiger partial charge in [0.2, 0.25) is 5.91 Å². The first-order valence-electron chi connectivity index (χ1n) is 8.64. The van der Waals surface area contributed by atoms with Crippen molar-refractivity contribution in [2.45, 2.75) is 25.3 Å². The maximum Gasteiger partial charge on any atom is 0.324 e. The summed E-state index contributed by atoms with van der Waals surface area (Å²) < 4.78 is 0. The van der Waals surface area contributed by atoms with Crippen molar-refractivity contribution >= 4 is 23.5 Å². The highest BCUT2D eigenvalue weighted by Crippen LogP contribution is 2.14. The third-order valence-electron chi connectivity index (χ3n) is 4.29. The number of amides is 4. The van der Waals surface area contributed by atoms with E-state index in [1.54, 1.807) is 12.1 Å². The number of nitrogens with zero attached hydrogens (tertiary/aromatic N) is 1. The van der Waals surface area contributed by atoms with Crippen LogP contribution in [-0.2, 0) is 16.0 Å². The summed E-state index contributed by atoms with van der Waals surface area (Å²) in [6.45, 7) is 0.335. The molecule has 2 N–H and O–H groups in total. The highest BCUT2D eigenvalue weighted by molar-refractivity contribution is 6.04. The minimum absolute atomic E-state index is 0.165. The number of imide groups is 1. The maximum absolute atomic E-state index is 12.4. The molecule has 6 nitrogen and oxygen atoms in total. The number of hydrogen-bond acceptors (Lipinski definition) is 3. The van der Waals surface area contributed by atoms with Crippen LogP contribution >= 0.6 is 0 Å². The largest absolute Gasteiger partial charge is 0.326 e. The summed E-state index contributed by atoms with van der Waals surface area (Å²) in [6, 6.07) is 17.8. The fraction of sp³-hybridized carbons (Fsp3) is 0.250. The number of nitrogens with one attached hydrogen (secondary N) is 2. The Bertz CT molecular complexity index is 777. The average molecular weight is 351 g/mol. The first-order chi connectivity index (χ1) is 12.6. The zero-order valence-electron chi connectivity index (χ0n) is 14.4. The molecule has 0 unspecified atom stereocenters. The van der Waals surface area contributed by atoms with Crippen LogP contribution in [0.4, 0.5) is 10.5 Å². The van der Waals surface area contributed by atoms with Gasteiger partial charge in [0.25, 0.3) is 5.91 Å². The van der Waals surface area contributed by atoms with Gasteiger partial charge in [0.1, 0.15) is 6.04 Å².